The van der Waals surface area contributed by atoms with Gasteiger partial charge in [0, 0.05) is 38.2 Å². The highest BCUT2D eigenvalue weighted by Gasteiger charge is 2.31. The topological polar surface area (TPSA) is 62.5 Å². The van der Waals surface area contributed by atoms with Gasteiger partial charge in [-0.15, -0.1) is 15.3 Å². The van der Waals surface area contributed by atoms with Gasteiger partial charge in [0.15, 0.2) is 5.65 Å². The molecule has 7 heteroatoms. The van der Waals surface area contributed by atoms with Crippen LogP contribution < -0.4 is 9.80 Å². The van der Waals surface area contributed by atoms with Crippen LogP contribution in [0.4, 0.5) is 11.5 Å². The second-order valence-electron chi connectivity index (χ2n) is 5.20. The van der Waals surface area contributed by atoms with Gasteiger partial charge in [0.2, 0.25) is 0 Å². The third-order valence-electron chi connectivity index (χ3n) is 3.95. The maximum absolute atomic E-state index is 4.51. The Morgan fingerprint density at radius 3 is 2.76 bits per heavy atom. The molecule has 0 atom stereocenters. The van der Waals surface area contributed by atoms with Crippen LogP contribution in [0, 0.1) is 0 Å². The van der Waals surface area contributed by atoms with E-state index < -0.39 is 0 Å². The van der Waals surface area contributed by atoms with E-state index in [9.17, 15) is 0 Å². The van der Waals surface area contributed by atoms with Crippen molar-refractivity contribution < 1.29 is 0 Å². The fourth-order valence-corrected chi connectivity index (χ4v) is 2.56. The van der Waals surface area contributed by atoms with Crippen molar-refractivity contribution in [2.45, 2.75) is 6.04 Å². The van der Waals surface area contributed by atoms with Crippen LogP contribution in [-0.2, 0) is 0 Å². The lowest BCUT2D eigenvalue weighted by Crippen LogP contribution is -2.59. The van der Waals surface area contributed by atoms with E-state index in [2.05, 4.69) is 37.1 Å². The lowest BCUT2D eigenvalue weighted by Gasteiger charge is -2.45. The minimum Gasteiger partial charge on any atom is -0.368 e. The summed E-state index contributed by atoms with van der Waals surface area (Å²) in [6.07, 6.45) is 5.27. The standard InChI is InChI=1S/C14H15N7/c1-19(11-4-6-15-7-5-11)12-8-20(9-12)14-3-2-13-17-16-10-21(13)18-14/h2-7,10,12H,8-9H2,1H3. The van der Waals surface area contributed by atoms with E-state index in [-0.39, 0.29) is 0 Å². The van der Waals surface area contributed by atoms with E-state index in [0.717, 1.165) is 24.6 Å². The second-order valence-corrected chi connectivity index (χ2v) is 5.20. The molecule has 1 aliphatic rings. The molecular weight excluding hydrogens is 266 g/mol. The molecule has 3 aromatic rings. The van der Waals surface area contributed by atoms with Crippen molar-refractivity contribution in [1.82, 2.24) is 24.8 Å². The molecule has 1 fully saturated rings. The van der Waals surface area contributed by atoms with Crippen LogP contribution in [0.15, 0.2) is 43.0 Å². The molecule has 0 radical (unpaired) electrons. The third kappa shape index (κ3) is 2.06. The molecule has 106 valence electrons. The summed E-state index contributed by atoms with van der Waals surface area (Å²) in [6, 6.07) is 8.49. The molecule has 7 nitrogen and oxygen atoms in total. The summed E-state index contributed by atoms with van der Waals surface area (Å²) in [7, 11) is 2.12. The minimum absolute atomic E-state index is 0.491. The van der Waals surface area contributed by atoms with E-state index in [1.54, 1.807) is 10.8 Å². The van der Waals surface area contributed by atoms with Crippen LogP contribution in [0.5, 0.6) is 0 Å². The lowest BCUT2D eigenvalue weighted by atomic mass is 10.1. The van der Waals surface area contributed by atoms with Crippen molar-refractivity contribution in [3.63, 3.8) is 0 Å². The average Bonchev–Trinajstić information content (AvgIpc) is 2.94. The van der Waals surface area contributed by atoms with Crippen molar-refractivity contribution in [3.05, 3.63) is 43.0 Å². The Bertz CT molecular complexity index is 748. The predicted molar refractivity (Wildman–Crippen MR) is 79.4 cm³/mol. The SMILES string of the molecule is CN(c1ccncc1)C1CN(c2ccc3nncn3n2)C1. The molecule has 0 amide bonds. The van der Waals surface area contributed by atoms with E-state index in [4.69, 9.17) is 0 Å². The normalized spacial score (nSPS) is 15.2. The summed E-state index contributed by atoms with van der Waals surface area (Å²) in [4.78, 5) is 8.59. The highest BCUT2D eigenvalue weighted by molar-refractivity contribution is 5.52. The Morgan fingerprint density at radius 1 is 1.14 bits per heavy atom. The Hall–Kier alpha value is -2.70. The van der Waals surface area contributed by atoms with Crippen LogP contribution in [0.1, 0.15) is 0 Å². The van der Waals surface area contributed by atoms with E-state index in [0.29, 0.717) is 6.04 Å². The van der Waals surface area contributed by atoms with Crippen molar-refractivity contribution in [2.24, 2.45) is 0 Å². The quantitative estimate of drug-likeness (QED) is 0.709. The van der Waals surface area contributed by atoms with E-state index >= 15 is 0 Å². The van der Waals surface area contributed by atoms with Crippen molar-refractivity contribution in [1.29, 1.82) is 0 Å². The second kappa shape index (κ2) is 4.69. The Labute approximate surface area is 121 Å². The molecule has 0 N–H and O–H groups in total. The van der Waals surface area contributed by atoms with Crippen LogP contribution >= 0.6 is 0 Å². The smallest absolute Gasteiger partial charge is 0.177 e. The van der Waals surface area contributed by atoms with Gasteiger partial charge >= 0.3 is 0 Å². The van der Waals surface area contributed by atoms with Gasteiger partial charge < -0.3 is 9.80 Å². The van der Waals surface area contributed by atoms with Gasteiger partial charge in [-0.3, -0.25) is 4.98 Å². The number of nitrogens with zero attached hydrogens (tertiary/aromatic N) is 7. The number of pyridine rings is 1. The Morgan fingerprint density at radius 2 is 1.95 bits per heavy atom. The molecule has 0 aliphatic carbocycles. The third-order valence-corrected chi connectivity index (χ3v) is 3.95. The van der Waals surface area contributed by atoms with Gasteiger partial charge in [-0.25, -0.2) is 0 Å². The van der Waals surface area contributed by atoms with E-state index in [1.807, 2.05) is 36.7 Å². The molecule has 21 heavy (non-hydrogen) atoms. The summed E-state index contributed by atoms with van der Waals surface area (Å²) >= 11 is 0. The largest absolute Gasteiger partial charge is 0.368 e. The number of anilines is 2. The summed E-state index contributed by atoms with van der Waals surface area (Å²) in [5.41, 5.74) is 1.96. The first-order valence-corrected chi connectivity index (χ1v) is 6.86. The number of hydrogen-bond acceptors (Lipinski definition) is 6. The summed E-state index contributed by atoms with van der Waals surface area (Å²) < 4.78 is 1.70. The summed E-state index contributed by atoms with van der Waals surface area (Å²) in [5.74, 6) is 0.960. The van der Waals surface area contributed by atoms with Crippen LogP contribution in [-0.4, -0.2) is 51.0 Å². The van der Waals surface area contributed by atoms with Gasteiger partial charge in [0.25, 0.3) is 0 Å². The molecule has 3 aromatic heterocycles. The highest BCUT2D eigenvalue weighted by atomic mass is 15.4. The Kier molecular flexibility index (Phi) is 2.70. The monoisotopic (exact) mass is 281 g/mol. The number of fused-ring (bicyclic) bond motifs is 1. The number of likely N-dealkylation sites (N-methyl/N-ethyl adjacent to an activating group) is 1. The number of rotatable bonds is 3. The highest BCUT2D eigenvalue weighted by Crippen LogP contribution is 2.24. The van der Waals surface area contributed by atoms with Crippen LogP contribution in [0.2, 0.25) is 0 Å². The van der Waals surface area contributed by atoms with Crippen LogP contribution in [0.25, 0.3) is 5.65 Å². The van der Waals surface area contributed by atoms with Gasteiger partial charge in [0.1, 0.15) is 12.1 Å². The lowest BCUT2D eigenvalue weighted by molar-refractivity contribution is 0.489. The Balaban J connectivity index is 1.47. The van der Waals surface area contributed by atoms with Crippen molar-refractivity contribution in [3.8, 4) is 0 Å². The molecule has 4 rings (SSSR count). The van der Waals surface area contributed by atoms with Gasteiger partial charge in [-0.2, -0.15) is 4.52 Å². The first-order chi connectivity index (χ1) is 10.3. The number of hydrogen-bond donors (Lipinski definition) is 0. The fraction of sp³-hybridized carbons (Fsp3) is 0.286. The zero-order chi connectivity index (χ0) is 14.2. The molecule has 1 saturated heterocycles. The first kappa shape index (κ1) is 12.1. The van der Waals surface area contributed by atoms with Crippen LogP contribution in [0.3, 0.4) is 0 Å². The molecule has 0 spiro atoms. The predicted octanol–water partition coefficient (Wildman–Crippen LogP) is 0.844. The van der Waals surface area contributed by atoms with Gasteiger partial charge in [0.05, 0.1) is 6.04 Å². The molecule has 0 bridgehead atoms. The zero-order valence-electron chi connectivity index (χ0n) is 11.7. The summed E-state index contributed by atoms with van der Waals surface area (Å²) in [5, 5.41) is 12.3. The first-order valence-electron chi connectivity index (χ1n) is 6.86. The molecule has 0 aromatic carbocycles. The zero-order valence-corrected chi connectivity index (χ0v) is 11.7. The maximum atomic E-state index is 4.51. The van der Waals surface area contributed by atoms with Gasteiger partial charge in [-0.1, -0.05) is 0 Å². The maximum Gasteiger partial charge on any atom is 0.177 e. The van der Waals surface area contributed by atoms with Crippen molar-refractivity contribution in [2.75, 3.05) is 29.9 Å². The summed E-state index contributed by atoms with van der Waals surface area (Å²) in [6.45, 7) is 1.92. The minimum atomic E-state index is 0.491. The molecule has 0 unspecified atom stereocenters. The fourth-order valence-electron chi connectivity index (χ4n) is 2.56. The molecule has 4 heterocycles. The van der Waals surface area contributed by atoms with E-state index in [1.165, 1.54) is 5.69 Å². The molecule has 0 saturated carbocycles. The number of aromatic nitrogens is 5. The molecule has 1 aliphatic heterocycles. The van der Waals surface area contributed by atoms with Crippen molar-refractivity contribution >= 4 is 17.2 Å². The molecular formula is C14H15N7. The average molecular weight is 281 g/mol. The van der Waals surface area contributed by atoms with Gasteiger partial charge in [-0.05, 0) is 24.3 Å².